The predicted molar refractivity (Wildman–Crippen MR) is 65.9 cm³/mol. The lowest BCUT2D eigenvalue weighted by molar-refractivity contribution is -0.122. The first-order valence-corrected chi connectivity index (χ1v) is 5.69. The van der Waals surface area contributed by atoms with Crippen LogP contribution in [-0.2, 0) is 10.3 Å². The van der Waals surface area contributed by atoms with Crippen molar-refractivity contribution in [1.82, 2.24) is 5.32 Å². The monoisotopic (exact) mass is 220 g/mol. The minimum absolute atomic E-state index is 0.0549. The van der Waals surface area contributed by atoms with Gasteiger partial charge in [0.2, 0.25) is 5.91 Å². The average molecular weight is 220 g/mol. The van der Waals surface area contributed by atoms with Crippen LogP contribution < -0.4 is 11.1 Å². The third-order valence-electron chi connectivity index (χ3n) is 2.71. The van der Waals surface area contributed by atoms with Crippen LogP contribution in [0, 0.1) is 0 Å². The SMILES string of the molecule is CCCC(=O)NC(C)(CN)c1ccccc1. The molecular weight excluding hydrogens is 200 g/mol. The first-order valence-electron chi connectivity index (χ1n) is 5.69. The summed E-state index contributed by atoms with van der Waals surface area (Å²) in [6, 6.07) is 9.83. The van der Waals surface area contributed by atoms with E-state index in [1.54, 1.807) is 0 Å². The van der Waals surface area contributed by atoms with Gasteiger partial charge in [-0.3, -0.25) is 4.79 Å². The molecule has 1 aromatic carbocycles. The molecule has 0 spiro atoms. The molecule has 0 heterocycles. The highest BCUT2D eigenvalue weighted by molar-refractivity contribution is 5.77. The molecule has 0 aromatic heterocycles. The van der Waals surface area contributed by atoms with E-state index in [-0.39, 0.29) is 5.91 Å². The Morgan fingerprint density at radius 1 is 1.38 bits per heavy atom. The molecule has 0 bridgehead atoms. The first-order chi connectivity index (χ1) is 7.62. The zero-order chi connectivity index (χ0) is 12.0. The molecule has 16 heavy (non-hydrogen) atoms. The van der Waals surface area contributed by atoms with Crippen LogP contribution in [0.4, 0.5) is 0 Å². The molecule has 0 aliphatic rings. The number of rotatable bonds is 5. The van der Waals surface area contributed by atoms with Gasteiger partial charge in [0.25, 0.3) is 0 Å². The zero-order valence-corrected chi connectivity index (χ0v) is 9.99. The maximum Gasteiger partial charge on any atom is 0.220 e. The Morgan fingerprint density at radius 2 is 2.00 bits per heavy atom. The number of carbonyl (C=O) groups is 1. The smallest absolute Gasteiger partial charge is 0.220 e. The van der Waals surface area contributed by atoms with Gasteiger partial charge in [-0.15, -0.1) is 0 Å². The van der Waals surface area contributed by atoms with Gasteiger partial charge < -0.3 is 11.1 Å². The van der Waals surface area contributed by atoms with E-state index in [0.29, 0.717) is 13.0 Å². The first kappa shape index (κ1) is 12.7. The molecular formula is C13H20N2O. The second kappa shape index (κ2) is 5.66. The number of hydrogen-bond donors (Lipinski definition) is 2. The molecule has 1 unspecified atom stereocenters. The largest absolute Gasteiger partial charge is 0.346 e. The van der Waals surface area contributed by atoms with Crippen molar-refractivity contribution in [3.05, 3.63) is 35.9 Å². The molecule has 3 heteroatoms. The molecule has 1 amide bonds. The van der Waals surface area contributed by atoms with Gasteiger partial charge in [-0.05, 0) is 18.9 Å². The van der Waals surface area contributed by atoms with E-state index < -0.39 is 5.54 Å². The van der Waals surface area contributed by atoms with Crippen LogP contribution in [-0.4, -0.2) is 12.5 Å². The number of amides is 1. The van der Waals surface area contributed by atoms with E-state index in [1.807, 2.05) is 44.2 Å². The zero-order valence-electron chi connectivity index (χ0n) is 9.99. The van der Waals surface area contributed by atoms with Crippen LogP contribution in [0.15, 0.2) is 30.3 Å². The molecule has 0 aliphatic heterocycles. The molecule has 0 aliphatic carbocycles. The molecule has 1 atom stereocenters. The van der Waals surface area contributed by atoms with Crippen LogP contribution in [0.2, 0.25) is 0 Å². The quantitative estimate of drug-likeness (QED) is 0.794. The van der Waals surface area contributed by atoms with Gasteiger partial charge in [0.1, 0.15) is 0 Å². The van der Waals surface area contributed by atoms with E-state index in [2.05, 4.69) is 5.32 Å². The van der Waals surface area contributed by atoms with Crippen LogP contribution in [0.1, 0.15) is 32.3 Å². The number of nitrogens with two attached hydrogens (primary N) is 1. The lowest BCUT2D eigenvalue weighted by Gasteiger charge is -2.30. The Balaban J connectivity index is 2.82. The number of benzene rings is 1. The van der Waals surface area contributed by atoms with Crippen LogP contribution in [0.3, 0.4) is 0 Å². The van der Waals surface area contributed by atoms with E-state index in [4.69, 9.17) is 5.73 Å². The Bertz CT molecular complexity index is 337. The van der Waals surface area contributed by atoms with Crippen LogP contribution in [0.5, 0.6) is 0 Å². The molecule has 0 saturated carbocycles. The van der Waals surface area contributed by atoms with Crippen molar-refractivity contribution < 1.29 is 4.79 Å². The summed E-state index contributed by atoms with van der Waals surface area (Å²) in [4.78, 5) is 11.6. The van der Waals surface area contributed by atoms with E-state index in [1.165, 1.54) is 0 Å². The fraction of sp³-hybridized carbons (Fsp3) is 0.462. The molecule has 3 N–H and O–H groups in total. The maximum absolute atomic E-state index is 11.6. The predicted octanol–water partition coefficient (Wildman–Crippen LogP) is 1.78. The van der Waals surface area contributed by atoms with Crippen molar-refractivity contribution in [2.24, 2.45) is 5.73 Å². The summed E-state index contributed by atoms with van der Waals surface area (Å²) >= 11 is 0. The summed E-state index contributed by atoms with van der Waals surface area (Å²) in [6.45, 7) is 4.34. The van der Waals surface area contributed by atoms with Gasteiger partial charge in [0.15, 0.2) is 0 Å². The summed E-state index contributed by atoms with van der Waals surface area (Å²) < 4.78 is 0. The highest BCUT2D eigenvalue weighted by Gasteiger charge is 2.26. The van der Waals surface area contributed by atoms with E-state index in [0.717, 1.165) is 12.0 Å². The number of nitrogens with one attached hydrogen (secondary N) is 1. The molecule has 3 nitrogen and oxygen atoms in total. The molecule has 88 valence electrons. The van der Waals surface area contributed by atoms with E-state index in [9.17, 15) is 4.79 Å². The Morgan fingerprint density at radius 3 is 2.50 bits per heavy atom. The van der Waals surface area contributed by atoms with Crippen molar-refractivity contribution >= 4 is 5.91 Å². The maximum atomic E-state index is 11.6. The summed E-state index contributed by atoms with van der Waals surface area (Å²) in [5, 5.41) is 3.00. The Hall–Kier alpha value is -1.35. The van der Waals surface area contributed by atoms with Gasteiger partial charge in [-0.2, -0.15) is 0 Å². The van der Waals surface area contributed by atoms with Crippen LogP contribution >= 0.6 is 0 Å². The van der Waals surface area contributed by atoms with Gasteiger partial charge in [-0.1, -0.05) is 37.3 Å². The van der Waals surface area contributed by atoms with Crippen LogP contribution in [0.25, 0.3) is 0 Å². The van der Waals surface area contributed by atoms with E-state index >= 15 is 0 Å². The fourth-order valence-electron chi connectivity index (χ4n) is 1.64. The number of carbonyl (C=O) groups excluding carboxylic acids is 1. The number of hydrogen-bond acceptors (Lipinski definition) is 2. The van der Waals surface area contributed by atoms with Gasteiger partial charge in [0, 0.05) is 13.0 Å². The highest BCUT2D eigenvalue weighted by Crippen LogP contribution is 2.19. The van der Waals surface area contributed by atoms with Crippen molar-refractivity contribution in [1.29, 1.82) is 0 Å². The highest BCUT2D eigenvalue weighted by atomic mass is 16.1. The molecule has 1 aromatic rings. The second-order valence-corrected chi connectivity index (χ2v) is 4.20. The topological polar surface area (TPSA) is 55.1 Å². The summed E-state index contributed by atoms with van der Waals surface area (Å²) in [5.41, 5.74) is 6.35. The summed E-state index contributed by atoms with van der Waals surface area (Å²) in [7, 11) is 0. The minimum atomic E-state index is -0.465. The summed E-state index contributed by atoms with van der Waals surface area (Å²) in [5.74, 6) is 0.0549. The molecule has 1 rings (SSSR count). The van der Waals surface area contributed by atoms with Gasteiger partial charge in [0.05, 0.1) is 5.54 Å². The molecule has 0 radical (unpaired) electrons. The Labute approximate surface area is 97.0 Å². The van der Waals surface area contributed by atoms with Crippen molar-refractivity contribution in [3.8, 4) is 0 Å². The minimum Gasteiger partial charge on any atom is -0.346 e. The van der Waals surface area contributed by atoms with Crippen molar-refractivity contribution in [2.75, 3.05) is 6.54 Å². The van der Waals surface area contributed by atoms with Gasteiger partial charge >= 0.3 is 0 Å². The normalized spacial score (nSPS) is 14.2. The van der Waals surface area contributed by atoms with Gasteiger partial charge in [-0.25, -0.2) is 0 Å². The lowest BCUT2D eigenvalue weighted by atomic mass is 9.92. The average Bonchev–Trinajstić information content (AvgIpc) is 2.30. The second-order valence-electron chi connectivity index (χ2n) is 4.20. The third kappa shape index (κ3) is 3.07. The van der Waals surface area contributed by atoms with Crippen molar-refractivity contribution in [3.63, 3.8) is 0 Å². The third-order valence-corrected chi connectivity index (χ3v) is 2.71. The standard InChI is InChI=1S/C13H20N2O/c1-3-7-12(16)15-13(2,10-14)11-8-5-4-6-9-11/h4-6,8-9H,3,7,10,14H2,1-2H3,(H,15,16). The molecule has 0 fully saturated rings. The van der Waals surface area contributed by atoms with Crippen molar-refractivity contribution in [2.45, 2.75) is 32.2 Å². The lowest BCUT2D eigenvalue weighted by Crippen LogP contribution is -2.48. The Kier molecular flexibility index (Phi) is 4.50. The molecule has 0 saturated heterocycles. The fourth-order valence-corrected chi connectivity index (χ4v) is 1.64. The summed E-state index contributed by atoms with van der Waals surface area (Å²) in [6.07, 6.45) is 1.39.